The Hall–Kier alpha value is -2.29. The molecule has 0 aliphatic carbocycles. The molecule has 1 amide bonds. The van der Waals surface area contributed by atoms with Crippen molar-refractivity contribution in [3.8, 4) is 0 Å². The van der Waals surface area contributed by atoms with Crippen LogP contribution < -0.4 is 4.90 Å². The van der Waals surface area contributed by atoms with Gasteiger partial charge in [-0.3, -0.25) is 9.69 Å². The number of anilines is 1. The minimum atomic E-state index is -3.39. The summed E-state index contributed by atoms with van der Waals surface area (Å²) < 4.78 is 25.6. The predicted octanol–water partition coefficient (Wildman–Crippen LogP) is 3.92. The van der Waals surface area contributed by atoms with E-state index in [0.717, 1.165) is 21.3 Å². The van der Waals surface area contributed by atoms with E-state index in [9.17, 15) is 13.2 Å². The van der Waals surface area contributed by atoms with E-state index in [1.807, 2.05) is 38.9 Å². The zero-order valence-electron chi connectivity index (χ0n) is 18.0. The molecule has 160 valence electrons. The first kappa shape index (κ1) is 22.4. The highest BCUT2D eigenvalue weighted by molar-refractivity contribution is 7.91. The van der Waals surface area contributed by atoms with Gasteiger partial charge in [0.2, 0.25) is 0 Å². The number of amides is 1. The van der Waals surface area contributed by atoms with E-state index in [2.05, 4.69) is 6.07 Å². The molecule has 0 bridgehead atoms. The Morgan fingerprint density at radius 3 is 2.50 bits per heavy atom. The van der Waals surface area contributed by atoms with Gasteiger partial charge >= 0.3 is 0 Å². The molecule has 0 saturated carbocycles. The smallest absolute Gasteiger partial charge is 0.260 e. The lowest BCUT2D eigenvalue weighted by atomic mass is 10.1. The number of hydrogen-bond donors (Lipinski definition) is 0. The molecule has 0 saturated heterocycles. The average molecular weight is 446 g/mol. The van der Waals surface area contributed by atoms with Gasteiger partial charge in [-0.05, 0) is 63.3 Å². The number of hydrogen-bond acceptors (Lipinski definition) is 6. The van der Waals surface area contributed by atoms with Crippen molar-refractivity contribution in [2.45, 2.75) is 25.7 Å². The van der Waals surface area contributed by atoms with Gasteiger partial charge in [0.1, 0.15) is 0 Å². The van der Waals surface area contributed by atoms with Crippen LogP contribution in [0.2, 0.25) is 0 Å². The molecular formula is C22H27N3O3S2. The Morgan fingerprint density at radius 2 is 1.83 bits per heavy atom. The third kappa shape index (κ3) is 4.71. The molecule has 30 heavy (non-hydrogen) atoms. The van der Waals surface area contributed by atoms with E-state index >= 15 is 0 Å². The van der Waals surface area contributed by atoms with E-state index in [1.54, 1.807) is 24.0 Å². The zero-order chi connectivity index (χ0) is 22.1. The van der Waals surface area contributed by atoms with Crippen molar-refractivity contribution >= 4 is 42.4 Å². The highest BCUT2D eigenvalue weighted by atomic mass is 32.2. The summed E-state index contributed by atoms with van der Waals surface area (Å²) in [4.78, 5) is 22.0. The Labute approximate surface area is 182 Å². The van der Waals surface area contributed by atoms with Gasteiger partial charge < -0.3 is 4.90 Å². The van der Waals surface area contributed by atoms with Crippen molar-refractivity contribution in [3.05, 3.63) is 53.1 Å². The topological polar surface area (TPSA) is 70.6 Å². The number of thiazole rings is 1. The van der Waals surface area contributed by atoms with Gasteiger partial charge in [0.25, 0.3) is 5.91 Å². The third-order valence-corrected chi connectivity index (χ3v) is 7.84. The van der Waals surface area contributed by atoms with Gasteiger partial charge in [-0.15, -0.1) is 0 Å². The molecule has 6 nitrogen and oxygen atoms in total. The molecule has 0 spiro atoms. The maximum absolute atomic E-state index is 13.4. The number of fused-ring (bicyclic) bond motifs is 1. The molecular weight excluding hydrogens is 418 g/mol. The first-order valence-corrected chi connectivity index (χ1v) is 12.3. The second kappa shape index (κ2) is 8.83. The Bertz CT molecular complexity index is 1180. The SMILES string of the molecule is CCS(=O)(=O)c1cccc(C(=O)N(CCN(C)C)c2nc3cc(C)cc(C)c3s2)c1. The Kier molecular flexibility index (Phi) is 6.59. The van der Waals surface area contributed by atoms with E-state index < -0.39 is 9.84 Å². The molecule has 3 aromatic rings. The van der Waals surface area contributed by atoms with Crippen molar-refractivity contribution in [2.24, 2.45) is 0 Å². The monoisotopic (exact) mass is 445 g/mol. The molecule has 0 N–H and O–H groups in total. The summed E-state index contributed by atoms with van der Waals surface area (Å²) in [5, 5.41) is 0.620. The maximum atomic E-state index is 13.4. The molecule has 3 rings (SSSR count). The summed E-state index contributed by atoms with van der Waals surface area (Å²) in [5.41, 5.74) is 3.47. The summed E-state index contributed by atoms with van der Waals surface area (Å²) in [7, 11) is 0.502. The summed E-state index contributed by atoms with van der Waals surface area (Å²) in [6, 6.07) is 10.4. The number of sulfone groups is 1. The zero-order valence-corrected chi connectivity index (χ0v) is 19.6. The number of aromatic nitrogens is 1. The molecule has 0 atom stereocenters. The fourth-order valence-corrected chi connectivity index (χ4v) is 5.18. The fourth-order valence-electron chi connectivity index (χ4n) is 3.21. The molecule has 1 aromatic heterocycles. The highest BCUT2D eigenvalue weighted by Crippen LogP contribution is 2.33. The molecule has 8 heteroatoms. The van der Waals surface area contributed by atoms with Crippen LogP contribution in [-0.2, 0) is 9.84 Å². The van der Waals surface area contributed by atoms with Crippen LogP contribution in [0.3, 0.4) is 0 Å². The van der Waals surface area contributed by atoms with Crippen LogP contribution in [0.15, 0.2) is 41.3 Å². The summed E-state index contributed by atoms with van der Waals surface area (Å²) in [5.74, 6) is -0.260. The van der Waals surface area contributed by atoms with E-state index in [1.165, 1.54) is 23.5 Å². The molecule has 0 aliphatic heterocycles. The number of aryl methyl sites for hydroxylation is 2. The number of nitrogens with zero attached hydrogens (tertiary/aromatic N) is 3. The lowest BCUT2D eigenvalue weighted by molar-refractivity contribution is 0.0985. The molecule has 0 aliphatic rings. The summed E-state index contributed by atoms with van der Waals surface area (Å²) in [6.45, 7) is 6.78. The normalized spacial score (nSPS) is 11.9. The number of likely N-dealkylation sites (N-methyl/N-ethyl adjacent to an activating group) is 1. The van der Waals surface area contributed by atoms with Crippen molar-refractivity contribution in [2.75, 3.05) is 37.8 Å². The standard InChI is InChI=1S/C22H27N3O3S2/c1-6-30(27,28)18-9-7-8-17(14-18)21(26)25(11-10-24(4)5)22-23-19-13-15(2)12-16(3)20(19)29-22/h7-9,12-14H,6,10-11H2,1-5H3. The van der Waals surface area contributed by atoms with Gasteiger partial charge in [-0.25, -0.2) is 13.4 Å². The average Bonchev–Trinajstić information content (AvgIpc) is 3.12. The maximum Gasteiger partial charge on any atom is 0.260 e. The number of benzene rings is 2. The largest absolute Gasteiger partial charge is 0.308 e. The van der Waals surface area contributed by atoms with Crippen LogP contribution in [0.1, 0.15) is 28.4 Å². The van der Waals surface area contributed by atoms with Gasteiger partial charge in [0, 0.05) is 18.7 Å². The fraction of sp³-hybridized carbons (Fsp3) is 0.364. The van der Waals surface area contributed by atoms with Gasteiger partial charge in [-0.1, -0.05) is 30.4 Å². The Balaban J connectivity index is 2.05. The van der Waals surface area contributed by atoms with Gasteiger partial charge in [0.05, 0.1) is 20.9 Å². The second-order valence-corrected chi connectivity index (χ2v) is 10.9. The lowest BCUT2D eigenvalue weighted by Gasteiger charge is -2.22. The van der Waals surface area contributed by atoms with Crippen LogP contribution in [0.4, 0.5) is 5.13 Å². The first-order valence-electron chi connectivity index (χ1n) is 9.79. The molecule has 0 unspecified atom stereocenters. The minimum Gasteiger partial charge on any atom is -0.308 e. The second-order valence-electron chi connectivity index (χ2n) is 7.62. The number of rotatable bonds is 7. The van der Waals surface area contributed by atoms with Crippen molar-refractivity contribution < 1.29 is 13.2 Å². The van der Waals surface area contributed by atoms with Crippen molar-refractivity contribution in [3.63, 3.8) is 0 Å². The molecule has 0 fully saturated rings. The quantitative estimate of drug-likeness (QED) is 0.551. The van der Waals surface area contributed by atoms with E-state index in [-0.39, 0.29) is 16.6 Å². The van der Waals surface area contributed by atoms with E-state index in [0.29, 0.717) is 23.8 Å². The summed E-state index contributed by atoms with van der Waals surface area (Å²) in [6.07, 6.45) is 0. The number of carbonyl (C=O) groups is 1. The van der Waals surface area contributed by atoms with E-state index in [4.69, 9.17) is 4.98 Å². The molecule has 1 heterocycles. The lowest BCUT2D eigenvalue weighted by Crippen LogP contribution is -2.36. The Morgan fingerprint density at radius 1 is 1.10 bits per heavy atom. The van der Waals surface area contributed by atoms with Crippen molar-refractivity contribution in [1.29, 1.82) is 0 Å². The third-order valence-electron chi connectivity index (χ3n) is 4.88. The van der Waals surface area contributed by atoms with Crippen LogP contribution in [0.25, 0.3) is 10.2 Å². The van der Waals surface area contributed by atoms with Crippen LogP contribution in [-0.4, -0.2) is 57.1 Å². The van der Waals surface area contributed by atoms with Crippen LogP contribution in [0, 0.1) is 13.8 Å². The molecule has 2 aromatic carbocycles. The number of carbonyl (C=O) groups excluding carboxylic acids is 1. The first-order chi connectivity index (χ1) is 14.1. The van der Waals surface area contributed by atoms with Crippen molar-refractivity contribution in [1.82, 2.24) is 9.88 Å². The summed E-state index contributed by atoms with van der Waals surface area (Å²) >= 11 is 1.49. The highest BCUT2D eigenvalue weighted by Gasteiger charge is 2.23. The molecule has 0 radical (unpaired) electrons. The van der Waals surface area contributed by atoms with Gasteiger partial charge in [0.15, 0.2) is 15.0 Å². The van der Waals surface area contributed by atoms with Crippen LogP contribution >= 0.6 is 11.3 Å². The minimum absolute atomic E-state index is 0.00845. The van der Waals surface area contributed by atoms with Crippen LogP contribution in [0.5, 0.6) is 0 Å². The van der Waals surface area contributed by atoms with Gasteiger partial charge in [-0.2, -0.15) is 0 Å². The predicted molar refractivity (Wildman–Crippen MR) is 123 cm³/mol.